The van der Waals surface area contributed by atoms with E-state index in [0.29, 0.717) is 39.3 Å². The van der Waals surface area contributed by atoms with E-state index in [1.54, 1.807) is 37.4 Å². The van der Waals surface area contributed by atoms with Crippen LogP contribution in [0.1, 0.15) is 5.56 Å². The summed E-state index contributed by atoms with van der Waals surface area (Å²) in [6.07, 6.45) is 1.53. The van der Waals surface area contributed by atoms with Crippen LogP contribution in [0.15, 0.2) is 99.2 Å². The number of esters is 1. The number of aromatic nitrogens is 2. The van der Waals surface area contributed by atoms with Crippen molar-refractivity contribution in [2.75, 3.05) is 20.8 Å². The van der Waals surface area contributed by atoms with Crippen molar-refractivity contribution in [1.82, 2.24) is 9.66 Å². The summed E-state index contributed by atoms with van der Waals surface area (Å²) in [6, 6.07) is 25.6. The van der Waals surface area contributed by atoms with Gasteiger partial charge in [0.25, 0.3) is 5.56 Å². The van der Waals surface area contributed by atoms with Gasteiger partial charge in [-0.05, 0) is 47.2 Å². The number of hydrogen-bond acceptors (Lipinski definition) is 8. The summed E-state index contributed by atoms with van der Waals surface area (Å²) >= 11 is 0. The van der Waals surface area contributed by atoms with E-state index >= 15 is 0 Å². The summed E-state index contributed by atoms with van der Waals surface area (Å²) in [5.41, 5.74) is 1.30. The monoisotopic (exact) mass is 533 g/mol. The van der Waals surface area contributed by atoms with E-state index in [-0.39, 0.29) is 18.0 Å². The maximum atomic E-state index is 13.7. The zero-order valence-corrected chi connectivity index (χ0v) is 21.7. The smallest absolute Gasteiger partial charge is 0.343 e. The van der Waals surface area contributed by atoms with Crippen molar-refractivity contribution >= 4 is 44.8 Å². The van der Waals surface area contributed by atoms with Gasteiger partial charge >= 0.3 is 5.97 Å². The molecular formula is C31H23N3O6. The average molecular weight is 534 g/mol. The summed E-state index contributed by atoms with van der Waals surface area (Å²) in [5, 5.41) is 7.50. The topological polar surface area (TPSA) is 105 Å². The van der Waals surface area contributed by atoms with Crippen molar-refractivity contribution in [2.45, 2.75) is 0 Å². The molecule has 0 bridgehead atoms. The number of fused-ring (bicyclic) bond motifs is 3. The molecular weight excluding hydrogens is 510 g/mol. The van der Waals surface area contributed by atoms with Crippen molar-refractivity contribution in [3.8, 4) is 23.1 Å². The quantitative estimate of drug-likeness (QED) is 0.200. The van der Waals surface area contributed by atoms with Gasteiger partial charge in [0.1, 0.15) is 17.1 Å². The molecule has 0 amide bonds. The molecule has 40 heavy (non-hydrogen) atoms. The fraction of sp³-hybridized carbons (Fsp3) is 0.0968. The first kappa shape index (κ1) is 24.9. The zero-order valence-electron chi connectivity index (χ0n) is 21.7. The maximum absolute atomic E-state index is 13.7. The first-order chi connectivity index (χ1) is 19.6. The average Bonchev–Trinajstić information content (AvgIpc) is 3.44. The second-order valence-electron chi connectivity index (χ2n) is 8.86. The molecule has 0 saturated heterocycles. The minimum absolute atomic E-state index is 0.218. The van der Waals surface area contributed by atoms with Crippen LogP contribution in [0.5, 0.6) is 11.5 Å². The molecule has 0 spiro atoms. The van der Waals surface area contributed by atoms with E-state index in [4.69, 9.17) is 23.6 Å². The van der Waals surface area contributed by atoms with Crippen molar-refractivity contribution in [2.24, 2.45) is 5.10 Å². The lowest BCUT2D eigenvalue weighted by Crippen LogP contribution is -2.20. The number of benzene rings is 4. The summed E-state index contributed by atoms with van der Waals surface area (Å²) in [4.78, 5) is 30.3. The van der Waals surface area contributed by atoms with Crippen LogP contribution in [0.4, 0.5) is 0 Å². The molecule has 0 N–H and O–H groups in total. The highest BCUT2D eigenvalue weighted by Gasteiger charge is 2.18. The predicted octanol–water partition coefficient (Wildman–Crippen LogP) is 5.41. The van der Waals surface area contributed by atoms with Gasteiger partial charge in [-0.15, -0.1) is 0 Å². The molecule has 0 aliphatic heterocycles. The molecule has 0 unspecified atom stereocenters. The van der Waals surface area contributed by atoms with Gasteiger partial charge in [-0.3, -0.25) is 4.79 Å². The lowest BCUT2D eigenvalue weighted by atomic mass is 10.0. The van der Waals surface area contributed by atoms with Crippen LogP contribution in [-0.4, -0.2) is 42.7 Å². The van der Waals surface area contributed by atoms with Crippen molar-refractivity contribution < 1.29 is 23.4 Å². The Morgan fingerprint density at radius 2 is 1.73 bits per heavy atom. The van der Waals surface area contributed by atoms with Gasteiger partial charge in [0.15, 0.2) is 12.4 Å². The third kappa shape index (κ3) is 4.43. The Morgan fingerprint density at radius 1 is 0.925 bits per heavy atom. The molecule has 9 heteroatoms. The minimum Gasteiger partial charge on any atom is -0.496 e. The van der Waals surface area contributed by atoms with Crippen LogP contribution in [0.2, 0.25) is 0 Å². The molecule has 198 valence electrons. The number of ether oxygens (including phenoxy) is 3. The Labute approximate surface area is 227 Å². The van der Waals surface area contributed by atoms with Crippen molar-refractivity contribution in [3.63, 3.8) is 0 Å². The molecule has 4 aromatic carbocycles. The molecule has 6 rings (SSSR count). The van der Waals surface area contributed by atoms with E-state index in [1.165, 1.54) is 18.0 Å². The Kier molecular flexibility index (Phi) is 6.45. The first-order valence-corrected chi connectivity index (χ1v) is 12.4. The highest BCUT2D eigenvalue weighted by atomic mass is 16.6. The molecule has 6 aromatic rings. The first-order valence-electron chi connectivity index (χ1n) is 12.4. The third-order valence-corrected chi connectivity index (χ3v) is 6.52. The summed E-state index contributed by atoms with van der Waals surface area (Å²) in [5.74, 6) is 1.09. The van der Waals surface area contributed by atoms with Gasteiger partial charge in [0.05, 0.1) is 36.7 Å². The molecule has 0 radical (unpaired) electrons. The van der Waals surface area contributed by atoms with E-state index in [2.05, 4.69) is 5.10 Å². The Morgan fingerprint density at radius 3 is 2.55 bits per heavy atom. The Balaban J connectivity index is 1.56. The largest absolute Gasteiger partial charge is 0.496 e. The molecule has 0 atom stereocenters. The van der Waals surface area contributed by atoms with E-state index < -0.39 is 5.97 Å². The molecule has 2 heterocycles. The fourth-order valence-electron chi connectivity index (χ4n) is 4.56. The second-order valence-corrected chi connectivity index (χ2v) is 8.86. The number of nitrogens with zero attached hydrogens (tertiary/aromatic N) is 3. The molecule has 0 fully saturated rings. The van der Waals surface area contributed by atoms with Crippen LogP contribution in [-0.2, 0) is 9.53 Å². The van der Waals surface area contributed by atoms with Gasteiger partial charge in [0, 0.05) is 5.56 Å². The molecule has 0 aliphatic rings. The number of furan rings is 1. The second kappa shape index (κ2) is 10.4. The standard InChI is InChI=1S/C31H23N3O6/c1-37-25-12-7-13-27-22(25)16-28(40-27)30-33-24-11-6-5-10-21(24)31(36)34(30)32-17-23-20-9-4-3-8-19(20)14-15-26(23)39-18-29(35)38-2/h3-17H,18H2,1-2H3. The van der Waals surface area contributed by atoms with Crippen molar-refractivity contribution in [3.05, 3.63) is 101 Å². The fourth-order valence-corrected chi connectivity index (χ4v) is 4.56. The van der Waals surface area contributed by atoms with Crippen LogP contribution >= 0.6 is 0 Å². The summed E-state index contributed by atoms with van der Waals surface area (Å²) in [6.45, 7) is -0.279. The SMILES string of the molecule is COC(=O)COc1ccc2ccccc2c1C=Nn1c(-c2cc3c(OC)cccc3o2)nc2ccccc2c1=O. The number of para-hydroxylation sites is 1. The van der Waals surface area contributed by atoms with E-state index in [9.17, 15) is 9.59 Å². The van der Waals surface area contributed by atoms with Gasteiger partial charge < -0.3 is 18.6 Å². The van der Waals surface area contributed by atoms with E-state index in [1.807, 2.05) is 54.6 Å². The molecule has 9 nitrogen and oxygen atoms in total. The third-order valence-electron chi connectivity index (χ3n) is 6.52. The number of hydrogen-bond donors (Lipinski definition) is 0. The van der Waals surface area contributed by atoms with Crippen LogP contribution in [0.25, 0.3) is 44.2 Å². The number of methoxy groups -OCH3 is 2. The Bertz CT molecular complexity index is 1990. The van der Waals surface area contributed by atoms with Crippen LogP contribution in [0, 0.1) is 0 Å². The van der Waals surface area contributed by atoms with Crippen molar-refractivity contribution in [1.29, 1.82) is 0 Å². The number of carbonyl (C=O) groups is 1. The van der Waals surface area contributed by atoms with Crippen LogP contribution < -0.4 is 15.0 Å². The normalized spacial score (nSPS) is 11.4. The predicted molar refractivity (Wildman–Crippen MR) is 152 cm³/mol. The number of carbonyl (C=O) groups excluding carboxylic acids is 1. The highest BCUT2D eigenvalue weighted by molar-refractivity contribution is 6.02. The van der Waals surface area contributed by atoms with Gasteiger partial charge in [-0.2, -0.15) is 9.78 Å². The zero-order chi connectivity index (χ0) is 27.6. The number of rotatable bonds is 7. The van der Waals surface area contributed by atoms with E-state index in [0.717, 1.165) is 16.2 Å². The van der Waals surface area contributed by atoms with Gasteiger partial charge in [-0.25, -0.2) is 9.78 Å². The molecule has 2 aromatic heterocycles. The lowest BCUT2D eigenvalue weighted by molar-refractivity contribution is -0.142. The summed E-state index contributed by atoms with van der Waals surface area (Å²) < 4.78 is 23.3. The molecule has 0 saturated carbocycles. The van der Waals surface area contributed by atoms with Gasteiger partial charge in [-0.1, -0.05) is 48.5 Å². The highest BCUT2D eigenvalue weighted by Crippen LogP contribution is 2.33. The summed E-state index contributed by atoms with van der Waals surface area (Å²) in [7, 11) is 2.88. The molecule has 0 aliphatic carbocycles. The maximum Gasteiger partial charge on any atom is 0.343 e. The Hall–Kier alpha value is -5.44. The van der Waals surface area contributed by atoms with Gasteiger partial charge in [0.2, 0.25) is 5.82 Å². The van der Waals surface area contributed by atoms with Crippen LogP contribution in [0.3, 0.4) is 0 Å². The minimum atomic E-state index is -0.520. The lowest BCUT2D eigenvalue weighted by Gasteiger charge is -2.12.